The molecule has 1 unspecified atom stereocenters. The molecular weight excluding hydrogens is 258 g/mol. The van der Waals surface area contributed by atoms with E-state index < -0.39 is 18.0 Å². The maximum absolute atomic E-state index is 11.8. The quantitative estimate of drug-likeness (QED) is 0.796. The van der Waals surface area contributed by atoms with Crippen LogP contribution < -0.4 is 10.6 Å². The van der Waals surface area contributed by atoms with Crippen molar-refractivity contribution >= 4 is 28.6 Å². The molecule has 0 aliphatic heterocycles. The lowest BCUT2D eigenvalue weighted by Gasteiger charge is -2.13. The minimum atomic E-state index is -0.954. The van der Waals surface area contributed by atoms with E-state index in [1.54, 1.807) is 19.2 Å². The van der Waals surface area contributed by atoms with Crippen LogP contribution in [0.3, 0.4) is 0 Å². The highest BCUT2D eigenvalue weighted by Crippen LogP contribution is 2.20. The molecular formula is C14H15N3O3. The summed E-state index contributed by atoms with van der Waals surface area (Å²) >= 11 is 0. The molecule has 1 aromatic heterocycles. The van der Waals surface area contributed by atoms with Gasteiger partial charge in [-0.25, -0.2) is 4.79 Å². The SMILES string of the molecule is CC(CC(=O)O)NC(=O)Nc1cccc2cccnc12. The van der Waals surface area contributed by atoms with Crippen LogP contribution >= 0.6 is 0 Å². The highest BCUT2D eigenvalue weighted by molar-refractivity contribution is 5.99. The largest absolute Gasteiger partial charge is 0.481 e. The summed E-state index contributed by atoms with van der Waals surface area (Å²) in [5, 5.41) is 14.8. The molecule has 6 nitrogen and oxygen atoms in total. The number of fused-ring (bicyclic) bond motifs is 1. The fourth-order valence-corrected chi connectivity index (χ4v) is 1.90. The molecule has 1 atom stereocenters. The Morgan fingerprint density at radius 2 is 2.05 bits per heavy atom. The lowest BCUT2D eigenvalue weighted by atomic mass is 10.2. The van der Waals surface area contributed by atoms with E-state index in [4.69, 9.17) is 5.11 Å². The van der Waals surface area contributed by atoms with E-state index in [9.17, 15) is 9.59 Å². The Morgan fingerprint density at radius 1 is 1.30 bits per heavy atom. The zero-order valence-electron chi connectivity index (χ0n) is 11.0. The molecule has 0 aliphatic carbocycles. The Kier molecular flexibility index (Phi) is 4.14. The molecule has 2 amide bonds. The van der Waals surface area contributed by atoms with E-state index in [0.29, 0.717) is 11.2 Å². The Labute approximate surface area is 115 Å². The minimum absolute atomic E-state index is 0.124. The second-order valence-electron chi connectivity index (χ2n) is 4.48. The summed E-state index contributed by atoms with van der Waals surface area (Å²) in [4.78, 5) is 26.6. The number of pyridine rings is 1. The number of aromatic nitrogens is 1. The number of carbonyl (C=O) groups is 2. The van der Waals surface area contributed by atoms with E-state index in [0.717, 1.165) is 5.39 Å². The molecule has 0 saturated heterocycles. The predicted molar refractivity (Wildman–Crippen MR) is 75.6 cm³/mol. The van der Waals surface area contributed by atoms with Crippen LogP contribution in [0.2, 0.25) is 0 Å². The smallest absolute Gasteiger partial charge is 0.319 e. The van der Waals surface area contributed by atoms with Crippen LogP contribution in [0.4, 0.5) is 10.5 Å². The zero-order valence-corrected chi connectivity index (χ0v) is 11.0. The number of hydrogen-bond acceptors (Lipinski definition) is 3. The molecule has 1 heterocycles. The number of anilines is 1. The van der Waals surface area contributed by atoms with Gasteiger partial charge in [0.25, 0.3) is 0 Å². The van der Waals surface area contributed by atoms with Crippen molar-refractivity contribution in [3.8, 4) is 0 Å². The number of aliphatic carboxylic acids is 1. The van der Waals surface area contributed by atoms with E-state index in [2.05, 4.69) is 15.6 Å². The number of amides is 2. The molecule has 0 saturated carbocycles. The number of carboxylic acids is 1. The lowest BCUT2D eigenvalue weighted by molar-refractivity contribution is -0.137. The van der Waals surface area contributed by atoms with Crippen LogP contribution in [0.15, 0.2) is 36.5 Å². The maximum Gasteiger partial charge on any atom is 0.319 e. The van der Waals surface area contributed by atoms with Crippen LogP contribution in [0, 0.1) is 0 Å². The van der Waals surface area contributed by atoms with Crippen LogP contribution in [0.5, 0.6) is 0 Å². The van der Waals surface area contributed by atoms with E-state index >= 15 is 0 Å². The summed E-state index contributed by atoms with van der Waals surface area (Å²) in [6.45, 7) is 1.63. The highest BCUT2D eigenvalue weighted by Gasteiger charge is 2.12. The average molecular weight is 273 g/mol. The van der Waals surface area contributed by atoms with Gasteiger partial charge in [0.2, 0.25) is 0 Å². The number of nitrogens with zero attached hydrogens (tertiary/aromatic N) is 1. The van der Waals surface area contributed by atoms with Crippen molar-refractivity contribution in [3.05, 3.63) is 36.5 Å². The predicted octanol–water partition coefficient (Wildman–Crippen LogP) is 2.22. The summed E-state index contributed by atoms with van der Waals surface area (Å²) < 4.78 is 0. The van der Waals surface area contributed by atoms with Crippen LogP contribution in [0.25, 0.3) is 10.9 Å². The van der Waals surface area contributed by atoms with Gasteiger partial charge in [-0.3, -0.25) is 9.78 Å². The molecule has 0 spiro atoms. The van der Waals surface area contributed by atoms with Gasteiger partial charge < -0.3 is 15.7 Å². The second kappa shape index (κ2) is 6.01. The molecule has 3 N–H and O–H groups in total. The molecule has 6 heteroatoms. The number of urea groups is 1. The fraction of sp³-hybridized carbons (Fsp3) is 0.214. The molecule has 0 fully saturated rings. The molecule has 104 valence electrons. The van der Waals surface area contributed by atoms with Gasteiger partial charge in [-0.15, -0.1) is 0 Å². The Balaban J connectivity index is 2.08. The van der Waals surface area contributed by atoms with Gasteiger partial charge in [0.15, 0.2) is 0 Å². The first-order valence-corrected chi connectivity index (χ1v) is 6.19. The number of hydrogen-bond donors (Lipinski definition) is 3. The molecule has 20 heavy (non-hydrogen) atoms. The van der Waals surface area contributed by atoms with Crippen LogP contribution in [-0.2, 0) is 4.79 Å². The number of nitrogens with one attached hydrogen (secondary N) is 2. The van der Waals surface area contributed by atoms with Gasteiger partial charge >= 0.3 is 12.0 Å². The van der Waals surface area contributed by atoms with Crippen molar-refractivity contribution in [2.75, 3.05) is 5.32 Å². The van der Waals surface area contributed by atoms with Crippen molar-refractivity contribution in [1.29, 1.82) is 0 Å². The maximum atomic E-state index is 11.8. The highest BCUT2D eigenvalue weighted by atomic mass is 16.4. The normalized spacial score (nSPS) is 11.8. The minimum Gasteiger partial charge on any atom is -0.481 e. The van der Waals surface area contributed by atoms with Crippen molar-refractivity contribution < 1.29 is 14.7 Å². The van der Waals surface area contributed by atoms with E-state index in [1.165, 1.54) is 0 Å². The van der Waals surface area contributed by atoms with Crippen LogP contribution in [-0.4, -0.2) is 28.1 Å². The van der Waals surface area contributed by atoms with Gasteiger partial charge in [-0.1, -0.05) is 18.2 Å². The third kappa shape index (κ3) is 3.44. The van der Waals surface area contributed by atoms with Crippen molar-refractivity contribution in [2.45, 2.75) is 19.4 Å². The molecule has 0 aliphatic rings. The van der Waals surface area contributed by atoms with Crippen LogP contribution in [0.1, 0.15) is 13.3 Å². The summed E-state index contributed by atoms with van der Waals surface area (Å²) in [5.74, 6) is -0.954. The number of carbonyl (C=O) groups excluding carboxylic acids is 1. The van der Waals surface area contributed by atoms with E-state index in [-0.39, 0.29) is 6.42 Å². The summed E-state index contributed by atoms with van der Waals surface area (Å²) in [6.07, 6.45) is 1.53. The first kappa shape index (κ1) is 13.8. The first-order valence-electron chi connectivity index (χ1n) is 6.19. The zero-order chi connectivity index (χ0) is 14.5. The number of rotatable bonds is 4. The fourth-order valence-electron chi connectivity index (χ4n) is 1.90. The summed E-state index contributed by atoms with van der Waals surface area (Å²) in [5.41, 5.74) is 1.28. The van der Waals surface area contributed by atoms with Gasteiger partial charge in [0, 0.05) is 17.6 Å². The third-order valence-corrected chi connectivity index (χ3v) is 2.74. The van der Waals surface area contributed by atoms with E-state index in [1.807, 2.05) is 24.3 Å². The standard InChI is InChI=1S/C14H15N3O3/c1-9(8-12(18)19)16-14(20)17-11-6-2-4-10-5-3-7-15-13(10)11/h2-7,9H,8H2,1H3,(H,18,19)(H2,16,17,20). The number of para-hydroxylation sites is 1. The Bertz CT molecular complexity index is 637. The summed E-state index contributed by atoms with van der Waals surface area (Å²) in [7, 11) is 0. The monoisotopic (exact) mass is 273 g/mol. The van der Waals surface area contributed by atoms with Gasteiger partial charge in [0.1, 0.15) is 0 Å². The molecule has 2 rings (SSSR count). The third-order valence-electron chi connectivity index (χ3n) is 2.74. The van der Waals surface area contributed by atoms with Crippen molar-refractivity contribution in [2.24, 2.45) is 0 Å². The molecule has 2 aromatic rings. The average Bonchev–Trinajstić information content (AvgIpc) is 2.38. The molecule has 1 aromatic carbocycles. The Morgan fingerprint density at radius 3 is 2.80 bits per heavy atom. The first-order chi connectivity index (χ1) is 9.56. The topological polar surface area (TPSA) is 91.3 Å². The number of carboxylic acid groups (broad SMARTS) is 1. The molecule has 0 radical (unpaired) electrons. The molecule has 0 bridgehead atoms. The van der Waals surface area contributed by atoms with Gasteiger partial charge in [0.05, 0.1) is 17.6 Å². The lowest BCUT2D eigenvalue weighted by Crippen LogP contribution is -2.37. The Hall–Kier alpha value is -2.63. The second-order valence-corrected chi connectivity index (χ2v) is 4.48. The van der Waals surface area contributed by atoms with Crippen molar-refractivity contribution in [3.63, 3.8) is 0 Å². The van der Waals surface area contributed by atoms with Crippen molar-refractivity contribution in [1.82, 2.24) is 10.3 Å². The summed E-state index contributed by atoms with van der Waals surface area (Å²) in [6, 6.07) is 8.29. The van der Waals surface area contributed by atoms with Gasteiger partial charge in [-0.05, 0) is 19.1 Å². The van der Waals surface area contributed by atoms with Gasteiger partial charge in [-0.2, -0.15) is 0 Å². The number of benzene rings is 1.